The Labute approximate surface area is 137 Å². The van der Waals surface area contributed by atoms with Crippen LogP contribution in [0.3, 0.4) is 0 Å². The van der Waals surface area contributed by atoms with Crippen molar-refractivity contribution >= 4 is 46.5 Å². The summed E-state index contributed by atoms with van der Waals surface area (Å²) in [7, 11) is 1.63. The van der Waals surface area contributed by atoms with E-state index in [1.165, 1.54) is 0 Å². The van der Waals surface area contributed by atoms with Gasteiger partial charge in [0, 0.05) is 15.6 Å². The Balaban J connectivity index is 2.15. The topological polar surface area (TPSA) is 29.9 Å². The van der Waals surface area contributed by atoms with Crippen molar-refractivity contribution in [1.29, 1.82) is 0 Å². The van der Waals surface area contributed by atoms with Gasteiger partial charge in [-0.1, -0.05) is 29.3 Å². The molecule has 0 aliphatic carbocycles. The second-order valence-electron chi connectivity index (χ2n) is 4.60. The highest BCUT2D eigenvalue weighted by Gasteiger charge is 2.11. The third kappa shape index (κ3) is 2.67. The molecule has 0 saturated carbocycles. The number of methoxy groups -OCH3 is 1. The van der Waals surface area contributed by atoms with Gasteiger partial charge >= 0.3 is 0 Å². The monoisotopic (exact) mass is 338 g/mol. The van der Waals surface area contributed by atoms with Crippen molar-refractivity contribution in [3.63, 3.8) is 0 Å². The summed E-state index contributed by atoms with van der Waals surface area (Å²) in [5.41, 5.74) is 2.78. The Morgan fingerprint density at radius 2 is 2.05 bits per heavy atom. The number of nitrogens with one attached hydrogen (secondary N) is 1. The van der Waals surface area contributed by atoms with E-state index in [4.69, 9.17) is 40.2 Å². The molecule has 1 heterocycles. The third-order valence-corrected chi connectivity index (χ3v) is 4.26. The van der Waals surface area contributed by atoms with Gasteiger partial charge in [0.25, 0.3) is 0 Å². The van der Waals surface area contributed by atoms with E-state index in [1.54, 1.807) is 7.11 Å². The SMILES string of the molecule is COc1cccc(Cl)c1Cn1c(=S)[nH]c2cc(Cl)ccc21. The molecule has 0 aliphatic heterocycles. The van der Waals surface area contributed by atoms with Gasteiger partial charge in [0.2, 0.25) is 0 Å². The van der Waals surface area contributed by atoms with Crippen molar-refractivity contribution in [3.05, 3.63) is 56.8 Å². The maximum Gasteiger partial charge on any atom is 0.178 e. The van der Waals surface area contributed by atoms with Crippen LogP contribution in [0.25, 0.3) is 11.0 Å². The number of hydrogen-bond acceptors (Lipinski definition) is 2. The number of benzene rings is 2. The number of halogens is 2. The number of aromatic amines is 1. The number of aromatic nitrogens is 2. The Bertz CT molecular complexity index is 870. The molecule has 1 aromatic heterocycles. The van der Waals surface area contributed by atoms with Crippen LogP contribution in [0, 0.1) is 4.77 Å². The van der Waals surface area contributed by atoms with Crippen LogP contribution in [0.15, 0.2) is 36.4 Å². The predicted octanol–water partition coefficient (Wildman–Crippen LogP) is 5.06. The molecule has 0 spiro atoms. The first-order valence-corrected chi connectivity index (χ1v) is 7.46. The number of imidazole rings is 1. The average molecular weight is 339 g/mol. The summed E-state index contributed by atoms with van der Waals surface area (Å²) in [6, 6.07) is 11.2. The van der Waals surface area contributed by atoms with Crippen molar-refractivity contribution in [2.75, 3.05) is 7.11 Å². The van der Waals surface area contributed by atoms with Crippen molar-refractivity contribution in [2.45, 2.75) is 6.54 Å². The van der Waals surface area contributed by atoms with E-state index in [0.29, 0.717) is 21.4 Å². The zero-order valence-corrected chi connectivity index (χ0v) is 13.5. The normalized spacial score (nSPS) is 11.0. The van der Waals surface area contributed by atoms with Gasteiger partial charge in [-0.15, -0.1) is 0 Å². The summed E-state index contributed by atoms with van der Waals surface area (Å²) < 4.78 is 7.98. The lowest BCUT2D eigenvalue weighted by molar-refractivity contribution is 0.408. The minimum absolute atomic E-state index is 0.531. The molecule has 0 amide bonds. The highest BCUT2D eigenvalue weighted by atomic mass is 35.5. The van der Waals surface area contributed by atoms with Crippen LogP contribution in [0.1, 0.15) is 5.56 Å². The Morgan fingerprint density at radius 3 is 2.81 bits per heavy atom. The second-order valence-corrected chi connectivity index (χ2v) is 5.83. The molecule has 0 fully saturated rings. The number of nitrogens with zero attached hydrogens (tertiary/aromatic N) is 1. The van der Waals surface area contributed by atoms with Crippen molar-refractivity contribution < 1.29 is 4.74 Å². The molecule has 0 bridgehead atoms. The number of fused-ring (bicyclic) bond motifs is 1. The Kier molecular flexibility index (Phi) is 3.93. The first kappa shape index (κ1) is 14.4. The second kappa shape index (κ2) is 5.72. The molecule has 21 heavy (non-hydrogen) atoms. The maximum atomic E-state index is 6.30. The molecular formula is C15H12Cl2N2OS. The number of ether oxygens (including phenoxy) is 1. The van der Waals surface area contributed by atoms with Crippen molar-refractivity contribution in [1.82, 2.24) is 9.55 Å². The Morgan fingerprint density at radius 1 is 1.24 bits per heavy atom. The molecule has 0 aliphatic rings. The number of H-pyrrole nitrogens is 1. The average Bonchev–Trinajstić information content (AvgIpc) is 2.76. The predicted molar refractivity (Wildman–Crippen MR) is 89.2 cm³/mol. The minimum Gasteiger partial charge on any atom is -0.496 e. The zero-order chi connectivity index (χ0) is 15.0. The summed E-state index contributed by atoms with van der Waals surface area (Å²) in [6.07, 6.45) is 0. The van der Waals surface area contributed by atoms with E-state index in [1.807, 2.05) is 41.0 Å². The van der Waals surface area contributed by atoms with Gasteiger partial charge < -0.3 is 14.3 Å². The van der Waals surface area contributed by atoms with Gasteiger partial charge in [-0.05, 0) is 42.5 Å². The van der Waals surface area contributed by atoms with Gasteiger partial charge in [0.05, 0.1) is 24.7 Å². The number of hydrogen-bond donors (Lipinski definition) is 1. The maximum absolute atomic E-state index is 6.30. The smallest absolute Gasteiger partial charge is 0.178 e. The van der Waals surface area contributed by atoms with Crippen molar-refractivity contribution in [3.8, 4) is 5.75 Å². The molecule has 0 atom stereocenters. The molecule has 108 valence electrons. The van der Waals surface area contributed by atoms with E-state index in [9.17, 15) is 0 Å². The number of rotatable bonds is 3. The molecule has 0 saturated heterocycles. The van der Waals surface area contributed by atoms with E-state index >= 15 is 0 Å². The lowest BCUT2D eigenvalue weighted by Gasteiger charge is -2.11. The van der Waals surface area contributed by atoms with Crippen LogP contribution >= 0.6 is 35.4 Å². The molecular weight excluding hydrogens is 327 g/mol. The molecule has 3 aromatic rings. The molecule has 6 heteroatoms. The van der Waals surface area contributed by atoms with E-state index in [2.05, 4.69) is 4.98 Å². The fourth-order valence-electron chi connectivity index (χ4n) is 2.33. The molecule has 0 radical (unpaired) electrons. The summed E-state index contributed by atoms with van der Waals surface area (Å²) in [4.78, 5) is 3.15. The first-order valence-electron chi connectivity index (χ1n) is 6.29. The van der Waals surface area contributed by atoms with Crippen LogP contribution in [0.5, 0.6) is 5.75 Å². The lowest BCUT2D eigenvalue weighted by atomic mass is 10.2. The van der Waals surface area contributed by atoms with Gasteiger partial charge in [0.1, 0.15) is 5.75 Å². The zero-order valence-electron chi connectivity index (χ0n) is 11.2. The summed E-state index contributed by atoms with van der Waals surface area (Å²) in [5.74, 6) is 0.743. The first-order chi connectivity index (χ1) is 10.1. The Hall–Kier alpha value is -1.49. The van der Waals surface area contributed by atoms with Crippen LogP contribution in [-0.2, 0) is 6.54 Å². The quantitative estimate of drug-likeness (QED) is 0.676. The van der Waals surface area contributed by atoms with Gasteiger partial charge in [0.15, 0.2) is 4.77 Å². The van der Waals surface area contributed by atoms with Crippen LogP contribution in [0.4, 0.5) is 0 Å². The van der Waals surface area contributed by atoms with Crippen LogP contribution in [0.2, 0.25) is 10.0 Å². The summed E-state index contributed by atoms with van der Waals surface area (Å²) in [6.45, 7) is 0.531. The molecule has 3 nitrogen and oxygen atoms in total. The van der Waals surface area contributed by atoms with Crippen LogP contribution < -0.4 is 4.74 Å². The summed E-state index contributed by atoms with van der Waals surface area (Å²) >= 11 is 17.7. The van der Waals surface area contributed by atoms with Gasteiger partial charge in [-0.2, -0.15) is 0 Å². The fraction of sp³-hybridized carbons (Fsp3) is 0.133. The molecule has 0 unspecified atom stereocenters. The van der Waals surface area contributed by atoms with Crippen LogP contribution in [-0.4, -0.2) is 16.7 Å². The lowest BCUT2D eigenvalue weighted by Crippen LogP contribution is -2.02. The fourth-order valence-corrected chi connectivity index (χ4v) is 3.01. The van der Waals surface area contributed by atoms with Crippen molar-refractivity contribution in [2.24, 2.45) is 0 Å². The summed E-state index contributed by atoms with van der Waals surface area (Å²) in [5, 5.41) is 1.32. The molecule has 1 N–H and O–H groups in total. The van der Waals surface area contributed by atoms with Gasteiger partial charge in [-0.25, -0.2) is 0 Å². The highest BCUT2D eigenvalue weighted by Crippen LogP contribution is 2.29. The molecule has 2 aromatic carbocycles. The minimum atomic E-state index is 0.531. The largest absolute Gasteiger partial charge is 0.496 e. The standard InChI is InChI=1S/C15H12Cl2N2OS/c1-20-14-4-2-3-11(17)10(14)8-19-13-6-5-9(16)7-12(13)18-15(19)21/h2-7H,8H2,1H3,(H,18,21). The van der Waals surface area contributed by atoms with Gasteiger partial charge in [-0.3, -0.25) is 0 Å². The molecule has 3 rings (SSSR count). The van der Waals surface area contributed by atoms with E-state index in [0.717, 1.165) is 22.3 Å². The van der Waals surface area contributed by atoms with E-state index in [-0.39, 0.29) is 0 Å². The highest BCUT2D eigenvalue weighted by molar-refractivity contribution is 7.71. The van der Waals surface area contributed by atoms with E-state index < -0.39 is 0 Å². The third-order valence-electron chi connectivity index (χ3n) is 3.35.